The van der Waals surface area contributed by atoms with Crippen LogP contribution in [0.3, 0.4) is 0 Å². The predicted molar refractivity (Wildman–Crippen MR) is 107 cm³/mol. The summed E-state index contributed by atoms with van der Waals surface area (Å²) in [5.74, 6) is -1.22. The molecule has 0 bridgehead atoms. The van der Waals surface area contributed by atoms with E-state index in [2.05, 4.69) is 27.6 Å². The minimum atomic E-state index is -0.644. The molecule has 1 aliphatic heterocycles. The Bertz CT molecular complexity index is 986. The Morgan fingerprint density at radius 2 is 1.85 bits per heavy atom. The maximum atomic E-state index is 13.9. The van der Waals surface area contributed by atoms with Crippen molar-refractivity contribution < 1.29 is 13.6 Å². The number of halogens is 3. The number of anilines is 1. The van der Waals surface area contributed by atoms with Crippen molar-refractivity contribution in [2.24, 2.45) is 0 Å². The van der Waals surface area contributed by atoms with E-state index in [-0.39, 0.29) is 11.4 Å². The molecule has 0 aliphatic carbocycles. The molecule has 1 amide bonds. The van der Waals surface area contributed by atoms with Gasteiger partial charge in [0.15, 0.2) is 10.9 Å². The molecular weight excluding hydrogens is 471 g/mol. The lowest BCUT2D eigenvalue weighted by atomic mass is 10.2. The quantitative estimate of drug-likeness (QED) is 0.513. The lowest BCUT2D eigenvalue weighted by molar-refractivity contribution is 0.0745. The van der Waals surface area contributed by atoms with Crippen molar-refractivity contribution in [1.29, 1.82) is 0 Å². The van der Waals surface area contributed by atoms with Gasteiger partial charge in [0, 0.05) is 35.8 Å². The normalized spacial score (nSPS) is 14.9. The van der Waals surface area contributed by atoms with Gasteiger partial charge in [-0.1, -0.05) is 23.5 Å². The van der Waals surface area contributed by atoms with Crippen LogP contribution in [0, 0.1) is 15.2 Å². The lowest BCUT2D eigenvalue weighted by Crippen LogP contribution is -2.48. The second-order valence-corrected chi connectivity index (χ2v) is 8.16. The van der Waals surface area contributed by atoms with E-state index in [1.165, 1.54) is 17.4 Å². The Balaban J connectivity index is 1.49. The first-order valence-corrected chi connectivity index (χ1v) is 9.97. The summed E-state index contributed by atoms with van der Waals surface area (Å²) in [6.07, 6.45) is 0. The Labute approximate surface area is 166 Å². The van der Waals surface area contributed by atoms with Crippen molar-refractivity contribution in [2.45, 2.75) is 0 Å². The minimum Gasteiger partial charge on any atom is -0.345 e. The molecule has 1 aliphatic rings. The molecule has 1 saturated heterocycles. The van der Waals surface area contributed by atoms with Gasteiger partial charge in [0.1, 0.15) is 11.3 Å². The third-order valence-electron chi connectivity index (χ3n) is 4.34. The van der Waals surface area contributed by atoms with E-state index in [1.54, 1.807) is 0 Å². The van der Waals surface area contributed by atoms with Crippen molar-refractivity contribution >= 4 is 55.2 Å². The molecule has 134 valence electrons. The van der Waals surface area contributed by atoms with Crippen LogP contribution in [0.5, 0.6) is 0 Å². The van der Waals surface area contributed by atoms with Crippen molar-refractivity contribution in [3.05, 3.63) is 57.2 Å². The first-order chi connectivity index (χ1) is 12.5. The van der Waals surface area contributed by atoms with Crippen LogP contribution in [0.4, 0.5) is 13.9 Å². The Kier molecular flexibility index (Phi) is 4.78. The molecule has 2 heterocycles. The first-order valence-electron chi connectivity index (χ1n) is 8.07. The summed E-state index contributed by atoms with van der Waals surface area (Å²) in [6.45, 7) is 2.35. The molecular formula is C18H14F2IN3OS. The van der Waals surface area contributed by atoms with Crippen LogP contribution < -0.4 is 4.90 Å². The zero-order valence-corrected chi connectivity index (χ0v) is 16.6. The molecule has 1 fully saturated rings. The van der Waals surface area contributed by atoms with Crippen molar-refractivity contribution in [3.63, 3.8) is 0 Å². The van der Waals surface area contributed by atoms with Gasteiger partial charge in [-0.2, -0.15) is 0 Å². The van der Waals surface area contributed by atoms with E-state index in [9.17, 15) is 13.6 Å². The minimum absolute atomic E-state index is 0.0204. The standard InChI is InChI=1S/C18H14F2IN3OS/c19-11-9-13(20)16-15(10-11)26-18(22-16)24-7-5-23(6-8-24)17(25)12-3-1-2-4-14(12)21/h1-4,9-10H,5-8H2. The molecule has 4 rings (SSSR count). The first kappa shape index (κ1) is 17.6. The van der Waals surface area contributed by atoms with Crippen molar-refractivity contribution in [3.8, 4) is 0 Å². The largest absolute Gasteiger partial charge is 0.345 e. The second-order valence-electron chi connectivity index (χ2n) is 5.99. The number of hydrogen-bond acceptors (Lipinski definition) is 4. The molecule has 0 saturated carbocycles. The molecule has 4 nitrogen and oxygen atoms in total. The number of thiazole rings is 1. The highest BCUT2D eigenvalue weighted by atomic mass is 127. The van der Waals surface area contributed by atoms with E-state index in [1.807, 2.05) is 34.1 Å². The molecule has 0 N–H and O–H groups in total. The number of piperazine rings is 1. The van der Waals surface area contributed by atoms with Crippen LogP contribution in [0.15, 0.2) is 36.4 Å². The number of nitrogens with zero attached hydrogens (tertiary/aromatic N) is 3. The van der Waals surface area contributed by atoms with Gasteiger partial charge >= 0.3 is 0 Å². The van der Waals surface area contributed by atoms with Gasteiger partial charge in [0.05, 0.1) is 10.3 Å². The maximum Gasteiger partial charge on any atom is 0.255 e. The molecule has 2 aromatic carbocycles. The maximum absolute atomic E-state index is 13.9. The zero-order chi connectivity index (χ0) is 18.3. The number of rotatable bonds is 2. The molecule has 0 unspecified atom stereocenters. The summed E-state index contributed by atoms with van der Waals surface area (Å²) >= 11 is 3.44. The molecule has 1 aromatic heterocycles. The van der Waals surface area contributed by atoms with E-state index in [0.717, 1.165) is 9.64 Å². The molecule has 26 heavy (non-hydrogen) atoms. The van der Waals surface area contributed by atoms with E-state index >= 15 is 0 Å². The van der Waals surface area contributed by atoms with E-state index in [0.29, 0.717) is 41.6 Å². The van der Waals surface area contributed by atoms with Gasteiger partial charge in [-0.25, -0.2) is 13.8 Å². The topological polar surface area (TPSA) is 36.4 Å². The zero-order valence-electron chi connectivity index (χ0n) is 13.6. The summed E-state index contributed by atoms with van der Waals surface area (Å²) in [7, 11) is 0. The van der Waals surface area contributed by atoms with Crippen LogP contribution in [0.2, 0.25) is 0 Å². The Morgan fingerprint density at radius 1 is 1.12 bits per heavy atom. The molecule has 3 aromatic rings. The molecule has 0 spiro atoms. The van der Waals surface area contributed by atoms with Crippen LogP contribution in [0.25, 0.3) is 10.2 Å². The SMILES string of the molecule is O=C(c1ccccc1I)N1CCN(c2nc3c(F)cc(F)cc3s2)CC1. The lowest BCUT2D eigenvalue weighted by Gasteiger charge is -2.34. The molecule has 0 atom stereocenters. The fourth-order valence-electron chi connectivity index (χ4n) is 2.99. The summed E-state index contributed by atoms with van der Waals surface area (Å²) in [4.78, 5) is 20.8. The van der Waals surface area contributed by atoms with Gasteiger partial charge < -0.3 is 9.80 Å². The van der Waals surface area contributed by atoms with Gasteiger partial charge in [-0.15, -0.1) is 0 Å². The van der Waals surface area contributed by atoms with Gasteiger partial charge in [-0.3, -0.25) is 4.79 Å². The summed E-state index contributed by atoms with van der Waals surface area (Å²) in [5.41, 5.74) is 0.905. The van der Waals surface area contributed by atoms with Gasteiger partial charge in [0.2, 0.25) is 0 Å². The summed E-state index contributed by atoms with van der Waals surface area (Å²) in [5, 5.41) is 0.658. The number of hydrogen-bond donors (Lipinski definition) is 0. The fourth-order valence-corrected chi connectivity index (χ4v) is 4.66. The third kappa shape index (κ3) is 3.27. The monoisotopic (exact) mass is 485 g/mol. The highest BCUT2D eigenvalue weighted by molar-refractivity contribution is 14.1. The number of benzene rings is 2. The fraction of sp³-hybridized carbons (Fsp3) is 0.222. The number of aromatic nitrogens is 1. The average Bonchev–Trinajstić information content (AvgIpc) is 3.06. The second kappa shape index (κ2) is 7.07. The number of carbonyl (C=O) groups excluding carboxylic acids is 1. The summed E-state index contributed by atoms with van der Waals surface area (Å²) in [6, 6.07) is 9.67. The van der Waals surface area contributed by atoms with E-state index < -0.39 is 11.6 Å². The number of amides is 1. The average molecular weight is 485 g/mol. The number of carbonyl (C=O) groups is 1. The smallest absolute Gasteiger partial charge is 0.255 e. The predicted octanol–water partition coefficient (Wildman–Crippen LogP) is 4.14. The Morgan fingerprint density at radius 3 is 2.58 bits per heavy atom. The van der Waals surface area contributed by atoms with Crippen molar-refractivity contribution in [2.75, 3.05) is 31.1 Å². The summed E-state index contributed by atoms with van der Waals surface area (Å²) < 4.78 is 28.6. The van der Waals surface area contributed by atoms with Crippen LogP contribution >= 0.6 is 33.9 Å². The van der Waals surface area contributed by atoms with Gasteiger partial charge in [-0.05, 0) is 40.8 Å². The molecule has 0 radical (unpaired) electrons. The van der Waals surface area contributed by atoms with E-state index in [4.69, 9.17) is 0 Å². The van der Waals surface area contributed by atoms with Crippen LogP contribution in [-0.4, -0.2) is 42.0 Å². The van der Waals surface area contributed by atoms with Gasteiger partial charge in [0.25, 0.3) is 5.91 Å². The number of fused-ring (bicyclic) bond motifs is 1. The molecule has 8 heteroatoms. The van der Waals surface area contributed by atoms with Crippen LogP contribution in [-0.2, 0) is 0 Å². The Hall–Kier alpha value is -1.81. The third-order valence-corrected chi connectivity index (χ3v) is 6.35. The highest BCUT2D eigenvalue weighted by Crippen LogP contribution is 2.31. The highest BCUT2D eigenvalue weighted by Gasteiger charge is 2.25. The van der Waals surface area contributed by atoms with Crippen molar-refractivity contribution in [1.82, 2.24) is 9.88 Å². The van der Waals surface area contributed by atoms with Crippen LogP contribution in [0.1, 0.15) is 10.4 Å².